The van der Waals surface area contributed by atoms with Crippen LogP contribution >= 0.6 is 22.9 Å². The van der Waals surface area contributed by atoms with Gasteiger partial charge in [0.25, 0.3) is 0 Å². The quantitative estimate of drug-likeness (QED) is 0.635. The number of nitrogens with one attached hydrogen (secondary N) is 1. The Hall–Kier alpha value is -2.51. The predicted octanol–water partition coefficient (Wildman–Crippen LogP) is 4.40. The zero-order chi connectivity index (χ0) is 21.1. The highest BCUT2D eigenvalue weighted by Crippen LogP contribution is 2.24. The number of nitrogens with zero attached hydrogens (tertiary/aromatic N) is 4. The van der Waals surface area contributed by atoms with Gasteiger partial charge in [0.15, 0.2) is 5.82 Å². The first-order chi connectivity index (χ1) is 14.5. The number of amides is 1. The first-order valence-electron chi connectivity index (χ1n) is 10.0. The van der Waals surface area contributed by atoms with Crippen LogP contribution in [-0.4, -0.2) is 34.2 Å². The highest BCUT2D eigenvalue weighted by Gasteiger charge is 2.27. The van der Waals surface area contributed by atoms with Gasteiger partial charge in [-0.2, -0.15) is 0 Å². The number of benzene rings is 1. The van der Waals surface area contributed by atoms with Gasteiger partial charge in [-0.3, -0.25) is 4.79 Å². The van der Waals surface area contributed by atoms with Crippen molar-refractivity contribution in [1.29, 1.82) is 0 Å². The highest BCUT2D eigenvalue weighted by atomic mass is 35.5. The van der Waals surface area contributed by atoms with Crippen LogP contribution in [0.2, 0.25) is 5.02 Å². The van der Waals surface area contributed by atoms with Crippen LogP contribution < -0.4 is 10.2 Å². The van der Waals surface area contributed by atoms with Crippen molar-refractivity contribution < 1.29 is 4.79 Å². The van der Waals surface area contributed by atoms with Crippen molar-refractivity contribution in [3.63, 3.8) is 0 Å². The van der Waals surface area contributed by atoms with E-state index in [2.05, 4.69) is 25.4 Å². The maximum Gasteiger partial charge on any atom is 0.225 e. The average Bonchev–Trinajstić information content (AvgIpc) is 3.09. The van der Waals surface area contributed by atoms with Crippen molar-refractivity contribution in [2.75, 3.05) is 18.0 Å². The van der Waals surface area contributed by atoms with Crippen LogP contribution in [0.25, 0.3) is 11.3 Å². The van der Waals surface area contributed by atoms with E-state index in [1.807, 2.05) is 50.2 Å². The summed E-state index contributed by atoms with van der Waals surface area (Å²) in [4.78, 5) is 20.4. The predicted molar refractivity (Wildman–Crippen MR) is 121 cm³/mol. The van der Waals surface area contributed by atoms with Crippen molar-refractivity contribution in [3.8, 4) is 11.3 Å². The minimum Gasteiger partial charge on any atom is -0.354 e. The van der Waals surface area contributed by atoms with Gasteiger partial charge in [0.1, 0.15) is 0 Å². The number of aromatic nitrogens is 3. The van der Waals surface area contributed by atoms with Crippen molar-refractivity contribution in [3.05, 3.63) is 57.0 Å². The fourth-order valence-corrected chi connectivity index (χ4v) is 4.72. The molecule has 0 saturated carbocycles. The molecule has 30 heavy (non-hydrogen) atoms. The molecule has 1 N–H and O–H groups in total. The summed E-state index contributed by atoms with van der Waals surface area (Å²) in [5.74, 6) is 0.848. The third-order valence-corrected chi connectivity index (χ3v) is 6.65. The minimum atomic E-state index is -0.0502. The van der Waals surface area contributed by atoms with Gasteiger partial charge in [0.05, 0.1) is 28.9 Å². The topological polar surface area (TPSA) is 71.0 Å². The SMILES string of the molecule is Cc1nc(C)c(CNC(=O)C2CCCN(c3ccc(-c4ccc(Cl)cc4)nn3)C2)s1. The molecule has 2 aromatic heterocycles. The molecule has 1 amide bonds. The number of hydrogen-bond acceptors (Lipinski definition) is 6. The van der Waals surface area contributed by atoms with E-state index >= 15 is 0 Å². The number of halogens is 1. The van der Waals surface area contributed by atoms with Crippen LogP contribution in [-0.2, 0) is 11.3 Å². The van der Waals surface area contributed by atoms with Gasteiger partial charge in [-0.15, -0.1) is 21.5 Å². The molecule has 4 rings (SSSR count). The summed E-state index contributed by atoms with van der Waals surface area (Å²) in [6, 6.07) is 11.5. The van der Waals surface area contributed by atoms with Gasteiger partial charge >= 0.3 is 0 Å². The van der Waals surface area contributed by atoms with E-state index in [0.717, 1.165) is 52.0 Å². The van der Waals surface area contributed by atoms with Gasteiger partial charge in [0, 0.05) is 28.6 Å². The molecule has 1 aliphatic heterocycles. The van der Waals surface area contributed by atoms with Crippen LogP contribution in [0.1, 0.15) is 28.4 Å². The van der Waals surface area contributed by atoms with Crippen LogP contribution in [0.5, 0.6) is 0 Å². The normalized spacial score (nSPS) is 16.5. The Morgan fingerprint density at radius 1 is 1.20 bits per heavy atom. The molecule has 1 saturated heterocycles. The van der Waals surface area contributed by atoms with Crippen LogP contribution in [0, 0.1) is 19.8 Å². The molecule has 1 aliphatic rings. The Balaban J connectivity index is 1.37. The lowest BCUT2D eigenvalue weighted by atomic mass is 9.97. The van der Waals surface area contributed by atoms with Crippen LogP contribution in [0.4, 0.5) is 5.82 Å². The Labute approximate surface area is 185 Å². The summed E-state index contributed by atoms with van der Waals surface area (Å²) >= 11 is 7.59. The first-order valence-corrected chi connectivity index (χ1v) is 11.2. The lowest BCUT2D eigenvalue weighted by molar-refractivity contribution is -0.125. The van der Waals surface area contributed by atoms with E-state index in [4.69, 9.17) is 11.6 Å². The van der Waals surface area contributed by atoms with Crippen LogP contribution in [0.3, 0.4) is 0 Å². The maximum absolute atomic E-state index is 12.7. The summed E-state index contributed by atoms with van der Waals surface area (Å²) in [6.07, 6.45) is 1.84. The maximum atomic E-state index is 12.7. The van der Waals surface area contributed by atoms with Gasteiger partial charge < -0.3 is 10.2 Å². The molecular weight excluding hydrogens is 418 g/mol. The molecule has 8 heteroatoms. The zero-order valence-corrected chi connectivity index (χ0v) is 18.6. The van der Waals surface area contributed by atoms with Gasteiger partial charge in [-0.25, -0.2) is 4.98 Å². The fraction of sp³-hybridized carbons (Fsp3) is 0.364. The second-order valence-corrected chi connectivity index (χ2v) is 9.25. The lowest BCUT2D eigenvalue weighted by Gasteiger charge is -2.32. The molecule has 0 spiro atoms. The number of aryl methyl sites for hydroxylation is 2. The molecule has 1 aromatic carbocycles. The number of piperidine rings is 1. The molecular formula is C22H24ClN5OS. The molecule has 6 nitrogen and oxygen atoms in total. The third-order valence-electron chi connectivity index (χ3n) is 5.33. The smallest absolute Gasteiger partial charge is 0.225 e. The van der Waals surface area contributed by atoms with E-state index in [9.17, 15) is 4.79 Å². The molecule has 3 aromatic rings. The number of carbonyl (C=O) groups excluding carboxylic acids is 1. The van der Waals surface area contributed by atoms with Gasteiger partial charge in [-0.05, 0) is 51.0 Å². The molecule has 156 valence electrons. The molecule has 1 fully saturated rings. The average molecular weight is 442 g/mol. The van der Waals surface area contributed by atoms with Crippen molar-refractivity contribution in [1.82, 2.24) is 20.5 Å². The molecule has 0 aliphatic carbocycles. The van der Waals surface area contributed by atoms with E-state index in [0.29, 0.717) is 18.1 Å². The van der Waals surface area contributed by atoms with E-state index in [-0.39, 0.29) is 11.8 Å². The fourth-order valence-electron chi connectivity index (χ4n) is 3.72. The lowest BCUT2D eigenvalue weighted by Crippen LogP contribution is -2.43. The Morgan fingerprint density at radius 2 is 2.00 bits per heavy atom. The summed E-state index contributed by atoms with van der Waals surface area (Å²) < 4.78 is 0. The first kappa shape index (κ1) is 20.8. The van der Waals surface area contributed by atoms with E-state index in [1.54, 1.807) is 11.3 Å². The second-order valence-electron chi connectivity index (χ2n) is 7.53. The van der Waals surface area contributed by atoms with Crippen molar-refractivity contribution >= 4 is 34.7 Å². The third kappa shape index (κ3) is 4.79. The summed E-state index contributed by atoms with van der Waals surface area (Å²) in [6.45, 7) is 6.05. The monoisotopic (exact) mass is 441 g/mol. The number of rotatable bonds is 5. The minimum absolute atomic E-state index is 0.0502. The van der Waals surface area contributed by atoms with Crippen molar-refractivity contribution in [2.45, 2.75) is 33.2 Å². The Morgan fingerprint density at radius 3 is 2.67 bits per heavy atom. The number of hydrogen-bond donors (Lipinski definition) is 1. The van der Waals surface area contributed by atoms with Gasteiger partial charge in [0.2, 0.25) is 5.91 Å². The molecule has 1 unspecified atom stereocenters. The number of carbonyl (C=O) groups is 1. The standard InChI is InChI=1S/C22H24ClN5OS/c1-14-20(30-15(2)25-14)12-24-22(29)17-4-3-11-28(13-17)21-10-9-19(26-27-21)16-5-7-18(23)8-6-16/h5-10,17H,3-4,11-13H2,1-2H3,(H,24,29). The summed E-state index contributed by atoms with van der Waals surface area (Å²) in [7, 11) is 0. The summed E-state index contributed by atoms with van der Waals surface area (Å²) in [5, 5.41) is 13.6. The highest BCUT2D eigenvalue weighted by molar-refractivity contribution is 7.11. The molecule has 0 radical (unpaired) electrons. The summed E-state index contributed by atoms with van der Waals surface area (Å²) in [5.41, 5.74) is 2.78. The number of anilines is 1. The van der Waals surface area contributed by atoms with E-state index < -0.39 is 0 Å². The Kier molecular flexibility index (Phi) is 6.29. The zero-order valence-electron chi connectivity index (χ0n) is 17.1. The van der Waals surface area contributed by atoms with Gasteiger partial charge in [-0.1, -0.05) is 23.7 Å². The van der Waals surface area contributed by atoms with E-state index in [1.165, 1.54) is 0 Å². The Bertz CT molecular complexity index is 1020. The largest absolute Gasteiger partial charge is 0.354 e. The van der Waals surface area contributed by atoms with Crippen molar-refractivity contribution in [2.24, 2.45) is 5.92 Å². The molecule has 3 heterocycles. The molecule has 0 bridgehead atoms. The van der Waals surface area contributed by atoms with Crippen LogP contribution in [0.15, 0.2) is 36.4 Å². The number of thiazole rings is 1. The molecule has 1 atom stereocenters. The second kappa shape index (κ2) is 9.10.